The van der Waals surface area contributed by atoms with E-state index in [1.165, 1.54) is 44.9 Å². The largest absolute Gasteiger partial charge is 0.0654 e. The maximum atomic E-state index is 2.44. The van der Waals surface area contributed by atoms with E-state index in [9.17, 15) is 0 Å². The van der Waals surface area contributed by atoms with Gasteiger partial charge in [-0.05, 0) is 30.1 Å². The van der Waals surface area contributed by atoms with Crippen molar-refractivity contribution in [2.75, 3.05) is 0 Å². The SMILES string of the molecule is CCCCCC(C)(C)CCCC(C)(C)C. The van der Waals surface area contributed by atoms with Gasteiger partial charge in [-0.25, -0.2) is 0 Å². The third-order valence-corrected chi connectivity index (χ3v) is 3.24. The molecule has 0 aromatic carbocycles. The minimum atomic E-state index is 0.513. The first-order valence-electron chi connectivity index (χ1n) is 6.77. The van der Waals surface area contributed by atoms with Crippen LogP contribution in [0.1, 0.15) is 86.5 Å². The highest BCUT2D eigenvalue weighted by molar-refractivity contribution is 4.71. The molecule has 0 amide bonds. The molecule has 0 saturated carbocycles. The van der Waals surface area contributed by atoms with E-state index in [0.717, 1.165) is 0 Å². The average molecular weight is 212 g/mol. The molecule has 0 saturated heterocycles. The van der Waals surface area contributed by atoms with Gasteiger partial charge in [0.1, 0.15) is 0 Å². The van der Waals surface area contributed by atoms with Crippen LogP contribution in [-0.2, 0) is 0 Å². The second kappa shape index (κ2) is 6.55. The lowest BCUT2D eigenvalue weighted by atomic mass is 9.79. The lowest BCUT2D eigenvalue weighted by Gasteiger charge is -2.26. The Morgan fingerprint density at radius 3 is 1.67 bits per heavy atom. The van der Waals surface area contributed by atoms with E-state index in [1.54, 1.807) is 0 Å². The Hall–Kier alpha value is 0. The Morgan fingerprint density at radius 1 is 0.667 bits per heavy atom. The van der Waals surface area contributed by atoms with Gasteiger partial charge in [0.25, 0.3) is 0 Å². The Bertz CT molecular complexity index is 148. The van der Waals surface area contributed by atoms with Gasteiger partial charge >= 0.3 is 0 Å². The van der Waals surface area contributed by atoms with Gasteiger partial charge in [0, 0.05) is 0 Å². The van der Waals surface area contributed by atoms with Gasteiger partial charge in [-0.15, -0.1) is 0 Å². The van der Waals surface area contributed by atoms with Crippen LogP contribution in [0.3, 0.4) is 0 Å². The van der Waals surface area contributed by atoms with Gasteiger partial charge in [0.05, 0.1) is 0 Å². The number of hydrogen-bond acceptors (Lipinski definition) is 0. The van der Waals surface area contributed by atoms with Gasteiger partial charge in [0.2, 0.25) is 0 Å². The van der Waals surface area contributed by atoms with E-state index in [4.69, 9.17) is 0 Å². The molecule has 0 heteroatoms. The van der Waals surface area contributed by atoms with Crippen LogP contribution in [0.5, 0.6) is 0 Å². The molecule has 0 spiro atoms. The molecular weight excluding hydrogens is 180 g/mol. The zero-order valence-corrected chi connectivity index (χ0v) is 11.9. The summed E-state index contributed by atoms with van der Waals surface area (Å²) >= 11 is 0. The Morgan fingerprint density at radius 2 is 1.20 bits per heavy atom. The summed E-state index contributed by atoms with van der Waals surface area (Å²) in [5, 5.41) is 0. The van der Waals surface area contributed by atoms with E-state index < -0.39 is 0 Å². The van der Waals surface area contributed by atoms with Crippen molar-refractivity contribution >= 4 is 0 Å². The summed E-state index contributed by atoms with van der Waals surface area (Å²) in [7, 11) is 0. The second-order valence-electron chi connectivity index (χ2n) is 7.04. The molecule has 0 aliphatic heterocycles. The summed E-state index contributed by atoms with van der Waals surface area (Å²) in [4.78, 5) is 0. The van der Waals surface area contributed by atoms with Crippen LogP contribution in [0.25, 0.3) is 0 Å². The zero-order valence-electron chi connectivity index (χ0n) is 11.9. The summed E-state index contributed by atoms with van der Waals surface area (Å²) in [6.45, 7) is 14.2. The lowest BCUT2D eigenvalue weighted by molar-refractivity contribution is 0.258. The second-order valence-corrected chi connectivity index (χ2v) is 7.04. The van der Waals surface area contributed by atoms with Crippen LogP contribution < -0.4 is 0 Å². The van der Waals surface area contributed by atoms with Crippen LogP contribution in [0, 0.1) is 10.8 Å². The smallest absolute Gasteiger partial charge is 0.0354 e. The highest BCUT2D eigenvalue weighted by atomic mass is 14.2. The van der Waals surface area contributed by atoms with Crippen molar-refractivity contribution in [3.8, 4) is 0 Å². The van der Waals surface area contributed by atoms with Crippen LogP contribution in [0.4, 0.5) is 0 Å². The number of rotatable bonds is 7. The quantitative estimate of drug-likeness (QED) is 0.467. The molecule has 0 bridgehead atoms. The first-order chi connectivity index (χ1) is 6.77. The zero-order chi connectivity index (χ0) is 11.9. The summed E-state index contributed by atoms with van der Waals surface area (Å²) < 4.78 is 0. The van der Waals surface area contributed by atoms with Gasteiger partial charge < -0.3 is 0 Å². The fraction of sp³-hybridized carbons (Fsp3) is 1.00. The summed E-state index contributed by atoms with van der Waals surface area (Å²) in [6, 6.07) is 0. The molecule has 0 heterocycles. The Kier molecular flexibility index (Phi) is 6.55. The molecule has 0 aliphatic carbocycles. The molecule has 0 aromatic rings. The number of hydrogen-bond donors (Lipinski definition) is 0. The molecule has 0 rings (SSSR count). The average Bonchev–Trinajstić information content (AvgIpc) is 2.01. The lowest BCUT2D eigenvalue weighted by Crippen LogP contribution is -2.13. The fourth-order valence-electron chi connectivity index (χ4n) is 2.08. The molecule has 92 valence electrons. The van der Waals surface area contributed by atoms with E-state index >= 15 is 0 Å². The van der Waals surface area contributed by atoms with E-state index in [1.807, 2.05) is 0 Å². The van der Waals surface area contributed by atoms with Gasteiger partial charge in [0.15, 0.2) is 0 Å². The van der Waals surface area contributed by atoms with Crippen LogP contribution in [-0.4, -0.2) is 0 Å². The van der Waals surface area contributed by atoms with Crippen molar-refractivity contribution in [2.45, 2.75) is 86.5 Å². The van der Waals surface area contributed by atoms with Crippen molar-refractivity contribution in [1.29, 1.82) is 0 Å². The third kappa shape index (κ3) is 10.3. The van der Waals surface area contributed by atoms with E-state index in [0.29, 0.717) is 10.8 Å². The fourth-order valence-corrected chi connectivity index (χ4v) is 2.08. The van der Waals surface area contributed by atoms with Crippen LogP contribution in [0.15, 0.2) is 0 Å². The van der Waals surface area contributed by atoms with Crippen molar-refractivity contribution < 1.29 is 0 Å². The third-order valence-electron chi connectivity index (χ3n) is 3.24. The normalized spacial score (nSPS) is 13.2. The van der Waals surface area contributed by atoms with Gasteiger partial charge in [-0.1, -0.05) is 67.2 Å². The van der Waals surface area contributed by atoms with Crippen molar-refractivity contribution in [3.05, 3.63) is 0 Å². The molecule has 0 aromatic heterocycles. The summed E-state index contributed by atoms with van der Waals surface area (Å²) in [6.07, 6.45) is 9.73. The van der Waals surface area contributed by atoms with Crippen molar-refractivity contribution in [3.63, 3.8) is 0 Å². The molecule has 0 aliphatic rings. The maximum Gasteiger partial charge on any atom is -0.0354 e. The van der Waals surface area contributed by atoms with E-state index in [-0.39, 0.29) is 0 Å². The molecular formula is C15H32. The molecule has 0 nitrogen and oxygen atoms in total. The van der Waals surface area contributed by atoms with Gasteiger partial charge in [-0.3, -0.25) is 0 Å². The standard InChI is InChI=1S/C15H32/c1-7-8-9-12-15(5,6)13-10-11-14(2,3)4/h7-13H2,1-6H3. The summed E-state index contributed by atoms with van der Waals surface area (Å²) in [5.74, 6) is 0. The Labute approximate surface area is 97.8 Å². The van der Waals surface area contributed by atoms with Crippen LogP contribution in [0.2, 0.25) is 0 Å². The monoisotopic (exact) mass is 212 g/mol. The molecule has 0 atom stereocenters. The summed E-state index contributed by atoms with van der Waals surface area (Å²) in [5.41, 5.74) is 1.08. The van der Waals surface area contributed by atoms with E-state index in [2.05, 4.69) is 41.5 Å². The van der Waals surface area contributed by atoms with Gasteiger partial charge in [-0.2, -0.15) is 0 Å². The highest BCUT2D eigenvalue weighted by Gasteiger charge is 2.18. The highest BCUT2D eigenvalue weighted by Crippen LogP contribution is 2.32. The molecule has 0 fully saturated rings. The molecule has 15 heavy (non-hydrogen) atoms. The minimum Gasteiger partial charge on any atom is -0.0654 e. The molecule has 0 radical (unpaired) electrons. The number of unbranched alkanes of at least 4 members (excludes halogenated alkanes) is 2. The van der Waals surface area contributed by atoms with Crippen molar-refractivity contribution in [2.24, 2.45) is 10.8 Å². The van der Waals surface area contributed by atoms with Crippen LogP contribution >= 0.6 is 0 Å². The minimum absolute atomic E-state index is 0.513. The molecule has 0 N–H and O–H groups in total. The molecule has 0 unspecified atom stereocenters. The first-order valence-corrected chi connectivity index (χ1v) is 6.77. The topological polar surface area (TPSA) is 0 Å². The van der Waals surface area contributed by atoms with Crippen molar-refractivity contribution in [1.82, 2.24) is 0 Å². The predicted octanol–water partition coefficient (Wildman–Crippen LogP) is 5.81. The predicted molar refractivity (Wildman–Crippen MR) is 71.2 cm³/mol. The first kappa shape index (κ1) is 15.0. The Balaban J connectivity index is 3.64. The maximum absolute atomic E-state index is 2.44.